The molecule has 5 rings (SSSR count). The summed E-state index contributed by atoms with van der Waals surface area (Å²) < 4.78 is 25.0. The number of methoxy groups -OCH3 is 2. The minimum atomic E-state index is -1.22. The van der Waals surface area contributed by atoms with Gasteiger partial charge in [0.2, 0.25) is 0 Å². The van der Waals surface area contributed by atoms with E-state index in [4.69, 9.17) is 18.9 Å². The standard InChI is InChI=1S/C30H30N2O7/c1-19-18-32(29(35)31-27(19)34)26-17-25(33)28(38-26)39-30(20-7-5-4-6-8-20,21-9-13-23(36-2)14-10-21)22-11-15-24(37-3)16-12-22/h4-16,18,25-26,28,33H,17H2,1-3H3,(H,31,34,35). The fourth-order valence-electron chi connectivity index (χ4n) is 4.91. The smallest absolute Gasteiger partial charge is 0.330 e. The third kappa shape index (κ3) is 4.99. The second-order valence-corrected chi connectivity index (χ2v) is 9.36. The van der Waals surface area contributed by atoms with Crippen molar-refractivity contribution >= 4 is 0 Å². The average Bonchev–Trinajstić information content (AvgIpc) is 3.33. The number of nitrogens with zero attached hydrogens (tertiary/aromatic N) is 1. The van der Waals surface area contributed by atoms with Gasteiger partial charge < -0.3 is 24.1 Å². The third-order valence-corrected chi connectivity index (χ3v) is 6.97. The molecular weight excluding hydrogens is 500 g/mol. The molecule has 9 nitrogen and oxygen atoms in total. The first-order valence-electron chi connectivity index (χ1n) is 12.5. The molecule has 1 aliphatic heterocycles. The van der Waals surface area contributed by atoms with Gasteiger partial charge in [-0.25, -0.2) is 4.79 Å². The monoisotopic (exact) mass is 530 g/mol. The second kappa shape index (κ2) is 10.9. The highest BCUT2D eigenvalue weighted by Crippen LogP contribution is 2.45. The number of benzene rings is 3. The molecule has 1 aromatic heterocycles. The van der Waals surface area contributed by atoms with Crippen molar-refractivity contribution in [2.45, 2.75) is 37.6 Å². The van der Waals surface area contributed by atoms with Gasteiger partial charge in [-0.3, -0.25) is 14.3 Å². The van der Waals surface area contributed by atoms with Crippen molar-refractivity contribution in [1.82, 2.24) is 9.55 Å². The Morgan fingerprint density at radius 3 is 1.95 bits per heavy atom. The summed E-state index contributed by atoms with van der Waals surface area (Å²) in [6, 6.07) is 24.6. The SMILES string of the molecule is COc1ccc(C(OC2OC(n3cc(C)c(=O)[nH]c3=O)CC2O)(c2ccccc2)c2ccc(OC)cc2)cc1. The molecule has 2 heterocycles. The van der Waals surface area contributed by atoms with Crippen molar-refractivity contribution in [1.29, 1.82) is 0 Å². The van der Waals surface area contributed by atoms with Gasteiger partial charge in [0.25, 0.3) is 5.56 Å². The summed E-state index contributed by atoms with van der Waals surface area (Å²) in [5.41, 5.74) is 0.398. The van der Waals surface area contributed by atoms with Crippen LogP contribution < -0.4 is 20.7 Å². The van der Waals surface area contributed by atoms with Crippen LogP contribution in [0.5, 0.6) is 11.5 Å². The van der Waals surface area contributed by atoms with Crippen LogP contribution in [0.4, 0.5) is 0 Å². The number of aromatic amines is 1. The van der Waals surface area contributed by atoms with E-state index in [0.29, 0.717) is 17.1 Å². The van der Waals surface area contributed by atoms with Crippen molar-refractivity contribution in [3.05, 3.63) is 128 Å². The highest BCUT2D eigenvalue weighted by atomic mass is 16.7. The maximum atomic E-state index is 12.5. The lowest BCUT2D eigenvalue weighted by atomic mass is 9.80. The summed E-state index contributed by atoms with van der Waals surface area (Å²) >= 11 is 0. The summed E-state index contributed by atoms with van der Waals surface area (Å²) in [6.45, 7) is 1.60. The molecule has 1 fully saturated rings. The van der Waals surface area contributed by atoms with E-state index < -0.39 is 35.5 Å². The summed E-state index contributed by atoms with van der Waals surface area (Å²) in [4.78, 5) is 26.7. The Morgan fingerprint density at radius 1 is 0.872 bits per heavy atom. The minimum absolute atomic E-state index is 0.0894. The van der Waals surface area contributed by atoms with Crippen molar-refractivity contribution < 1.29 is 24.1 Å². The lowest BCUT2D eigenvalue weighted by molar-refractivity contribution is -0.216. The zero-order valence-electron chi connectivity index (χ0n) is 21.9. The van der Waals surface area contributed by atoms with E-state index in [9.17, 15) is 14.7 Å². The lowest BCUT2D eigenvalue weighted by Gasteiger charge is -2.38. The fraction of sp³-hybridized carbons (Fsp3) is 0.267. The Kier molecular flexibility index (Phi) is 7.38. The number of aromatic nitrogens is 2. The van der Waals surface area contributed by atoms with Crippen LogP contribution in [0.2, 0.25) is 0 Å². The predicted octanol–water partition coefficient (Wildman–Crippen LogP) is 3.48. The van der Waals surface area contributed by atoms with E-state index >= 15 is 0 Å². The van der Waals surface area contributed by atoms with Gasteiger partial charge in [0.15, 0.2) is 6.29 Å². The zero-order chi connectivity index (χ0) is 27.6. The molecule has 1 aliphatic rings. The fourth-order valence-corrected chi connectivity index (χ4v) is 4.91. The van der Waals surface area contributed by atoms with Crippen LogP contribution in [-0.4, -0.2) is 41.3 Å². The molecule has 9 heteroatoms. The Labute approximate surface area is 225 Å². The normalized spacial score (nSPS) is 19.1. The number of hydrogen-bond donors (Lipinski definition) is 2. The number of H-pyrrole nitrogens is 1. The lowest BCUT2D eigenvalue weighted by Crippen LogP contribution is -2.40. The van der Waals surface area contributed by atoms with Crippen LogP contribution in [0, 0.1) is 6.92 Å². The van der Waals surface area contributed by atoms with Gasteiger partial charge in [-0.15, -0.1) is 0 Å². The summed E-state index contributed by atoms with van der Waals surface area (Å²) in [5, 5.41) is 11.1. The highest BCUT2D eigenvalue weighted by molar-refractivity contribution is 5.49. The maximum absolute atomic E-state index is 12.5. The van der Waals surface area contributed by atoms with Crippen molar-refractivity contribution in [2.75, 3.05) is 14.2 Å². The number of aliphatic hydroxyl groups excluding tert-OH is 1. The van der Waals surface area contributed by atoms with Gasteiger partial charge in [0, 0.05) is 18.2 Å². The minimum Gasteiger partial charge on any atom is -0.497 e. The van der Waals surface area contributed by atoms with Crippen molar-refractivity contribution in [2.24, 2.45) is 0 Å². The molecule has 0 bridgehead atoms. The molecule has 0 spiro atoms. The molecule has 202 valence electrons. The Morgan fingerprint density at radius 2 is 1.41 bits per heavy atom. The maximum Gasteiger partial charge on any atom is 0.330 e. The molecule has 0 saturated carbocycles. The Hall–Kier alpha value is -4.18. The highest BCUT2D eigenvalue weighted by Gasteiger charge is 2.46. The Bertz CT molecular complexity index is 1480. The molecule has 4 aromatic rings. The first kappa shape index (κ1) is 26.4. The summed E-state index contributed by atoms with van der Waals surface area (Å²) in [7, 11) is 3.20. The van der Waals surface area contributed by atoms with E-state index in [1.807, 2.05) is 78.9 Å². The number of rotatable bonds is 8. The van der Waals surface area contributed by atoms with Crippen LogP contribution in [0.1, 0.15) is 34.9 Å². The van der Waals surface area contributed by atoms with Crippen LogP contribution in [0.25, 0.3) is 0 Å². The molecule has 0 amide bonds. The van der Waals surface area contributed by atoms with Gasteiger partial charge in [-0.05, 0) is 47.9 Å². The molecule has 0 radical (unpaired) electrons. The predicted molar refractivity (Wildman–Crippen MR) is 144 cm³/mol. The molecular formula is C30H30N2O7. The van der Waals surface area contributed by atoms with Gasteiger partial charge in [-0.1, -0.05) is 54.6 Å². The van der Waals surface area contributed by atoms with Gasteiger partial charge in [-0.2, -0.15) is 0 Å². The van der Waals surface area contributed by atoms with Gasteiger partial charge in [0.05, 0.1) is 14.2 Å². The third-order valence-electron chi connectivity index (χ3n) is 6.97. The number of aryl methyl sites for hydroxylation is 1. The van der Waals surface area contributed by atoms with Crippen LogP contribution in [0.15, 0.2) is 94.6 Å². The van der Waals surface area contributed by atoms with Gasteiger partial charge >= 0.3 is 5.69 Å². The van der Waals surface area contributed by atoms with E-state index in [-0.39, 0.29) is 6.42 Å². The molecule has 2 N–H and O–H groups in total. The van der Waals surface area contributed by atoms with E-state index in [1.165, 1.54) is 10.8 Å². The molecule has 1 saturated heterocycles. The number of hydrogen-bond acceptors (Lipinski definition) is 7. The molecule has 3 aromatic carbocycles. The molecule has 0 aliphatic carbocycles. The number of ether oxygens (including phenoxy) is 4. The second-order valence-electron chi connectivity index (χ2n) is 9.36. The average molecular weight is 531 g/mol. The Balaban J connectivity index is 1.63. The summed E-state index contributed by atoms with van der Waals surface area (Å²) in [5.74, 6) is 1.36. The topological polar surface area (TPSA) is 112 Å². The first-order valence-corrected chi connectivity index (χ1v) is 12.5. The van der Waals surface area contributed by atoms with Crippen LogP contribution in [-0.2, 0) is 15.1 Å². The molecule has 3 unspecified atom stereocenters. The zero-order valence-corrected chi connectivity index (χ0v) is 21.9. The van der Waals surface area contributed by atoms with E-state index in [0.717, 1.165) is 16.7 Å². The van der Waals surface area contributed by atoms with E-state index in [2.05, 4.69) is 4.98 Å². The van der Waals surface area contributed by atoms with Gasteiger partial charge in [0.1, 0.15) is 29.4 Å². The number of nitrogens with one attached hydrogen (secondary N) is 1. The van der Waals surface area contributed by atoms with Crippen molar-refractivity contribution in [3.63, 3.8) is 0 Å². The van der Waals surface area contributed by atoms with E-state index in [1.54, 1.807) is 21.1 Å². The summed E-state index contributed by atoms with van der Waals surface area (Å²) in [6.07, 6.45) is -1.50. The van der Waals surface area contributed by atoms with Crippen molar-refractivity contribution in [3.8, 4) is 11.5 Å². The van der Waals surface area contributed by atoms with Crippen LogP contribution in [0.3, 0.4) is 0 Å². The van der Waals surface area contributed by atoms with Crippen LogP contribution >= 0.6 is 0 Å². The first-order chi connectivity index (χ1) is 18.8. The number of aliphatic hydroxyl groups is 1. The molecule has 39 heavy (non-hydrogen) atoms. The quantitative estimate of drug-likeness (QED) is 0.336. The largest absolute Gasteiger partial charge is 0.497 e. The molecule has 3 atom stereocenters.